The van der Waals surface area contributed by atoms with E-state index in [-0.39, 0.29) is 31.0 Å². The van der Waals surface area contributed by atoms with Crippen LogP contribution in [0.25, 0.3) is 16.6 Å². The second kappa shape index (κ2) is 9.55. The standard InChI is InChI=1S/C24H27N3O5/c1-14-5-7-20-21(9-14)27(16-10-18(31-3)12-19(11-16)32-4)24(30)23(20)15(2)26-13-17(28)6-8-22(25)29/h5,7,9-12,30H,6,8,13H2,1-4H3,(H2,25,29). The molecule has 8 heteroatoms. The average Bonchev–Trinajstić information content (AvgIpc) is 3.06. The zero-order chi connectivity index (χ0) is 23.4. The number of aromatic nitrogens is 1. The van der Waals surface area contributed by atoms with Gasteiger partial charge in [0.1, 0.15) is 11.5 Å². The highest BCUT2D eigenvalue weighted by atomic mass is 16.5. The molecule has 0 aliphatic carbocycles. The molecule has 0 atom stereocenters. The first-order valence-corrected chi connectivity index (χ1v) is 10.1. The second-order valence-corrected chi connectivity index (χ2v) is 7.53. The zero-order valence-corrected chi connectivity index (χ0v) is 18.6. The largest absolute Gasteiger partial charge is 0.497 e. The highest BCUT2D eigenvalue weighted by molar-refractivity contribution is 6.13. The lowest BCUT2D eigenvalue weighted by Crippen LogP contribution is -2.14. The van der Waals surface area contributed by atoms with Gasteiger partial charge < -0.3 is 20.3 Å². The van der Waals surface area contributed by atoms with Crippen LogP contribution in [0.4, 0.5) is 0 Å². The summed E-state index contributed by atoms with van der Waals surface area (Å²) in [6, 6.07) is 11.2. The molecular weight excluding hydrogens is 410 g/mol. The van der Waals surface area contributed by atoms with E-state index >= 15 is 0 Å². The number of rotatable bonds is 9. The monoisotopic (exact) mass is 437 g/mol. The van der Waals surface area contributed by atoms with Crippen molar-refractivity contribution >= 4 is 28.3 Å². The van der Waals surface area contributed by atoms with Crippen molar-refractivity contribution < 1.29 is 24.2 Å². The third-order valence-corrected chi connectivity index (χ3v) is 5.20. The number of amides is 1. The number of nitrogens with two attached hydrogens (primary N) is 1. The number of aliphatic imine (C=N–C) groups is 1. The maximum absolute atomic E-state index is 12.0. The van der Waals surface area contributed by atoms with Gasteiger partial charge in [0.25, 0.3) is 0 Å². The summed E-state index contributed by atoms with van der Waals surface area (Å²) in [4.78, 5) is 27.3. The van der Waals surface area contributed by atoms with Gasteiger partial charge in [-0.3, -0.25) is 19.1 Å². The minimum Gasteiger partial charge on any atom is -0.497 e. The molecule has 3 N–H and O–H groups in total. The molecular formula is C24H27N3O5. The average molecular weight is 437 g/mol. The summed E-state index contributed by atoms with van der Waals surface area (Å²) in [6.07, 6.45) is 0.0392. The number of carbonyl (C=O) groups is 2. The topological polar surface area (TPSA) is 116 Å². The van der Waals surface area contributed by atoms with Gasteiger partial charge in [-0.2, -0.15) is 0 Å². The van der Waals surface area contributed by atoms with E-state index in [4.69, 9.17) is 15.2 Å². The molecule has 1 aromatic heterocycles. The smallest absolute Gasteiger partial charge is 0.217 e. The fraction of sp³-hybridized carbons (Fsp3) is 0.292. The molecule has 1 amide bonds. The number of fused-ring (bicyclic) bond motifs is 1. The van der Waals surface area contributed by atoms with Crippen molar-refractivity contribution in [3.8, 4) is 23.1 Å². The van der Waals surface area contributed by atoms with E-state index in [1.54, 1.807) is 43.9 Å². The lowest BCUT2D eigenvalue weighted by atomic mass is 10.1. The molecule has 3 rings (SSSR count). The van der Waals surface area contributed by atoms with Crippen molar-refractivity contribution in [2.24, 2.45) is 10.7 Å². The summed E-state index contributed by atoms with van der Waals surface area (Å²) in [6.45, 7) is 3.62. The van der Waals surface area contributed by atoms with Gasteiger partial charge in [-0.05, 0) is 25.5 Å². The van der Waals surface area contributed by atoms with E-state index in [1.807, 2.05) is 25.1 Å². The number of ether oxygens (including phenoxy) is 2. The number of carbonyl (C=O) groups excluding carboxylic acids is 2. The minimum atomic E-state index is -0.524. The number of Topliss-reactive ketones (excluding diaryl/α,β-unsaturated/α-hetero) is 1. The van der Waals surface area contributed by atoms with Crippen LogP contribution >= 0.6 is 0 Å². The minimum absolute atomic E-state index is 0.00505. The molecule has 168 valence electrons. The molecule has 0 aliphatic rings. The predicted octanol–water partition coefficient (Wildman–Crippen LogP) is 3.31. The molecule has 8 nitrogen and oxygen atoms in total. The van der Waals surface area contributed by atoms with E-state index in [0.717, 1.165) is 16.5 Å². The quantitative estimate of drug-likeness (QED) is 0.498. The molecule has 1 heterocycles. The molecule has 3 aromatic rings. The van der Waals surface area contributed by atoms with Gasteiger partial charge in [0.2, 0.25) is 11.8 Å². The Morgan fingerprint density at radius 2 is 1.72 bits per heavy atom. The Labute approximate surface area is 186 Å². The lowest BCUT2D eigenvalue weighted by molar-refractivity contribution is -0.123. The van der Waals surface area contributed by atoms with Crippen LogP contribution in [0.1, 0.15) is 30.9 Å². The lowest BCUT2D eigenvalue weighted by Gasteiger charge is -2.12. The molecule has 32 heavy (non-hydrogen) atoms. The van der Waals surface area contributed by atoms with Crippen molar-refractivity contribution in [3.05, 3.63) is 47.5 Å². The maximum Gasteiger partial charge on any atom is 0.217 e. The van der Waals surface area contributed by atoms with Gasteiger partial charge in [-0.25, -0.2) is 0 Å². The van der Waals surface area contributed by atoms with Crippen molar-refractivity contribution in [1.82, 2.24) is 4.57 Å². The first-order valence-electron chi connectivity index (χ1n) is 10.1. The number of aryl methyl sites for hydroxylation is 1. The summed E-state index contributed by atoms with van der Waals surface area (Å²) >= 11 is 0. The van der Waals surface area contributed by atoms with Crippen molar-refractivity contribution in [1.29, 1.82) is 0 Å². The van der Waals surface area contributed by atoms with E-state index in [9.17, 15) is 14.7 Å². The van der Waals surface area contributed by atoms with Gasteiger partial charge in [0.15, 0.2) is 5.78 Å². The third-order valence-electron chi connectivity index (χ3n) is 5.20. The number of hydrogen-bond donors (Lipinski definition) is 2. The van der Waals surface area contributed by atoms with Crippen LogP contribution < -0.4 is 15.2 Å². The Bertz CT molecular complexity index is 1190. The molecule has 0 spiro atoms. The molecule has 2 aromatic carbocycles. The van der Waals surface area contributed by atoms with Crippen LogP contribution in [-0.2, 0) is 9.59 Å². The van der Waals surface area contributed by atoms with Crippen molar-refractivity contribution in [3.63, 3.8) is 0 Å². The van der Waals surface area contributed by atoms with Gasteiger partial charge in [0.05, 0.1) is 37.5 Å². The van der Waals surface area contributed by atoms with Gasteiger partial charge in [0, 0.05) is 42.1 Å². The van der Waals surface area contributed by atoms with Crippen molar-refractivity contribution in [2.45, 2.75) is 26.7 Å². The fourth-order valence-corrected chi connectivity index (χ4v) is 3.55. The Morgan fingerprint density at radius 3 is 2.31 bits per heavy atom. The van der Waals surface area contributed by atoms with Gasteiger partial charge >= 0.3 is 0 Å². The maximum atomic E-state index is 12.0. The summed E-state index contributed by atoms with van der Waals surface area (Å²) in [5.41, 5.74) is 8.60. The molecule has 0 saturated heterocycles. The van der Waals surface area contributed by atoms with Crippen LogP contribution in [0, 0.1) is 6.92 Å². The van der Waals surface area contributed by atoms with Crippen LogP contribution in [0.3, 0.4) is 0 Å². The van der Waals surface area contributed by atoms with E-state index in [2.05, 4.69) is 4.99 Å². The number of nitrogens with zero attached hydrogens (tertiary/aromatic N) is 2. The summed E-state index contributed by atoms with van der Waals surface area (Å²) in [7, 11) is 3.13. The van der Waals surface area contributed by atoms with Crippen LogP contribution in [0.5, 0.6) is 17.4 Å². The SMILES string of the molecule is COc1cc(OC)cc(-n2c(O)c(C(C)=NCC(=O)CCC(N)=O)c3ccc(C)cc32)c1. The van der Waals surface area contributed by atoms with Crippen LogP contribution in [-0.4, -0.2) is 47.8 Å². The van der Waals surface area contributed by atoms with Gasteiger partial charge in [-0.15, -0.1) is 0 Å². The van der Waals surface area contributed by atoms with Crippen LogP contribution in [0.15, 0.2) is 41.4 Å². The Kier molecular flexibility index (Phi) is 6.82. The van der Waals surface area contributed by atoms with E-state index in [1.165, 1.54) is 0 Å². The van der Waals surface area contributed by atoms with Gasteiger partial charge in [-0.1, -0.05) is 12.1 Å². The third kappa shape index (κ3) is 4.74. The Morgan fingerprint density at radius 1 is 1.06 bits per heavy atom. The number of aromatic hydroxyl groups is 1. The first kappa shape index (κ1) is 22.9. The molecule has 0 saturated carbocycles. The fourth-order valence-electron chi connectivity index (χ4n) is 3.55. The number of benzene rings is 2. The number of primary amides is 1. The number of ketones is 1. The second-order valence-electron chi connectivity index (χ2n) is 7.53. The van der Waals surface area contributed by atoms with Crippen LogP contribution in [0.2, 0.25) is 0 Å². The molecule has 0 bridgehead atoms. The number of hydrogen-bond acceptors (Lipinski definition) is 6. The highest BCUT2D eigenvalue weighted by Crippen LogP contribution is 2.37. The summed E-state index contributed by atoms with van der Waals surface area (Å²) < 4.78 is 12.5. The summed E-state index contributed by atoms with van der Waals surface area (Å²) in [5, 5.41) is 12.0. The predicted molar refractivity (Wildman–Crippen MR) is 123 cm³/mol. The molecule has 0 radical (unpaired) electrons. The summed E-state index contributed by atoms with van der Waals surface area (Å²) in [5.74, 6) is 0.441. The Hall–Kier alpha value is -3.81. The Balaban J connectivity index is 2.12. The number of methoxy groups -OCH3 is 2. The molecule has 0 aliphatic heterocycles. The van der Waals surface area contributed by atoms with Crippen molar-refractivity contribution in [2.75, 3.05) is 20.8 Å². The molecule has 0 fully saturated rings. The first-order chi connectivity index (χ1) is 15.2. The highest BCUT2D eigenvalue weighted by Gasteiger charge is 2.21. The zero-order valence-electron chi connectivity index (χ0n) is 18.6. The molecule has 0 unspecified atom stereocenters. The normalized spacial score (nSPS) is 11.6. The van der Waals surface area contributed by atoms with E-state index < -0.39 is 5.91 Å². The van der Waals surface area contributed by atoms with E-state index in [0.29, 0.717) is 28.5 Å².